The van der Waals surface area contributed by atoms with Crippen LogP contribution >= 0.6 is 0 Å². The number of aromatic nitrogens is 1. The Balaban J connectivity index is 1.83. The van der Waals surface area contributed by atoms with Crippen LogP contribution in [0.2, 0.25) is 0 Å². The predicted molar refractivity (Wildman–Crippen MR) is 93.9 cm³/mol. The Kier molecular flexibility index (Phi) is 4.47. The van der Waals surface area contributed by atoms with Crippen molar-refractivity contribution in [2.24, 2.45) is 0 Å². The van der Waals surface area contributed by atoms with Gasteiger partial charge in [-0.05, 0) is 24.3 Å². The molecule has 2 amide bonds. The molecule has 1 heterocycles. The topological polar surface area (TPSA) is 72.5 Å². The highest BCUT2D eigenvalue weighted by Crippen LogP contribution is 2.29. The maximum absolute atomic E-state index is 12.3. The van der Waals surface area contributed by atoms with E-state index < -0.39 is 0 Å². The lowest BCUT2D eigenvalue weighted by molar-refractivity contribution is 0.262. The Morgan fingerprint density at radius 3 is 2.54 bits per heavy atom. The molecule has 24 heavy (non-hydrogen) atoms. The van der Waals surface area contributed by atoms with Crippen molar-refractivity contribution in [2.75, 3.05) is 24.9 Å². The fourth-order valence-electron chi connectivity index (χ4n) is 2.39. The van der Waals surface area contributed by atoms with E-state index in [1.54, 1.807) is 44.7 Å². The van der Waals surface area contributed by atoms with E-state index in [4.69, 9.17) is 9.47 Å². The molecule has 0 unspecified atom stereocenters. The summed E-state index contributed by atoms with van der Waals surface area (Å²) in [4.78, 5) is 16.7. The maximum Gasteiger partial charge on any atom is 0.323 e. The maximum atomic E-state index is 12.3. The van der Waals surface area contributed by atoms with Gasteiger partial charge in [-0.15, -0.1) is 0 Å². The van der Waals surface area contributed by atoms with Crippen LogP contribution in [-0.4, -0.2) is 25.2 Å². The number of carbonyl (C=O) groups excluding carboxylic acids is 1. The van der Waals surface area contributed by atoms with Crippen LogP contribution < -0.4 is 20.1 Å². The van der Waals surface area contributed by atoms with E-state index in [2.05, 4.69) is 15.6 Å². The number of rotatable bonds is 4. The van der Waals surface area contributed by atoms with Crippen LogP contribution in [0.4, 0.5) is 16.2 Å². The smallest absolute Gasteiger partial charge is 0.323 e. The van der Waals surface area contributed by atoms with E-state index in [9.17, 15) is 4.79 Å². The predicted octanol–water partition coefficient (Wildman–Crippen LogP) is 3.90. The number of para-hydroxylation sites is 1. The Hall–Kier alpha value is -3.28. The van der Waals surface area contributed by atoms with Gasteiger partial charge >= 0.3 is 6.03 Å². The highest BCUT2D eigenvalue weighted by molar-refractivity contribution is 6.05. The minimum atomic E-state index is -0.389. The van der Waals surface area contributed by atoms with Gasteiger partial charge in [0.25, 0.3) is 0 Å². The lowest BCUT2D eigenvalue weighted by Gasteiger charge is -2.13. The molecule has 0 saturated heterocycles. The number of hydrogen-bond donors (Lipinski definition) is 2. The van der Waals surface area contributed by atoms with E-state index in [-0.39, 0.29) is 6.03 Å². The normalized spacial score (nSPS) is 10.2. The molecule has 0 aliphatic rings. The summed E-state index contributed by atoms with van der Waals surface area (Å²) in [5.41, 5.74) is 1.88. The number of pyridine rings is 1. The number of benzene rings is 2. The first-order chi connectivity index (χ1) is 11.7. The SMILES string of the molecule is COc1ccc(OC)c(NC(=O)Nc2cccc3cccnc23)c1. The Morgan fingerprint density at radius 1 is 0.958 bits per heavy atom. The number of ether oxygens (including phenoxy) is 2. The van der Waals surface area contributed by atoms with Crippen LogP contribution in [0.25, 0.3) is 10.9 Å². The van der Waals surface area contributed by atoms with Crippen molar-refractivity contribution < 1.29 is 14.3 Å². The second-order valence-electron chi connectivity index (χ2n) is 5.03. The zero-order chi connectivity index (χ0) is 16.9. The van der Waals surface area contributed by atoms with Crippen molar-refractivity contribution in [2.45, 2.75) is 0 Å². The molecule has 6 heteroatoms. The minimum absolute atomic E-state index is 0.389. The number of amides is 2. The lowest BCUT2D eigenvalue weighted by atomic mass is 10.2. The third kappa shape index (κ3) is 3.22. The molecule has 0 bridgehead atoms. The molecule has 0 fully saturated rings. The number of hydrogen-bond acceptors (Lipinski definition) is 4. The number of carbonyl (C=O) groups is 1. The van der Waals surface area contributed by atoms with Gasteiger partial charge in [-0.2, -0.15) is 0 Å². The summed E-state index contributed by atoms with van der Waals surface area (Å²) in [5, 5.41) is 6.53. The van der Waals surface area contributed by atoms with E-state index >= 15 is 0 Å². The third-order valence-corrected chi connectivity index (χ3v) is 3.54. The minimum Gasteiger partial charge on any atom is -0.497 e. The summed E-state index contributed by atoms with van der Waals surface area (Å²) in [5.74, 6) is 1.17. The van der Waals surface area contributed by atoms with Crippen LogP contribution in [0.15, 0.2) is 54.7 Å². The molecule has 2 N–H and O–H groups in total. The quantitative estimate of drug-likeness (QED) is 0.764. The molecule has 1 aromatic heterocycles. The molecule has 3 rings (SSSR count). The number of anilines is 2. The fourth-order valence-corrected chi connectivity index (χ4v) is 2.39. The van der Waals surface area contributed by atoms with Gasteiger partial charge in [-0.3, -0.25) is 4.98 Å². The van der Waals surface area contributed by atoms with Crippen molar-refractivity contribution >= 4 is 28.3 Å². The summed E-state index contributed by atoms with van der Waals surface area (Å²) >= 11 is 0. The molecule has 0 radical (unpaired) electrons. The van der Waals surface area contributed by atoms with E-state index in [0.29, 0.717) is 22.9 Å². The summed E-state index contributed by atoms with van der Waals surface area (Å²) in [7, 11) is 3.10. The molecule has 0 aliphatic heterocycles. The molecule has 3 aromatic rings. The Labute approximate surface area is 139 Å². The number of urea groups is 1. The van der Waals surface area contributed by atoms with E-state index in [1.807, 2.05) is 24.3 Å². The van der Waals surface area contributed by atoms with Gasteiger partial charge in [0.1, 0.15) is 11.5 Å². The third-order valence-electron chi connectivity index (χ3n) is 3.54. The Bertz CT molecular complexity index is 875. The highest BCUT2D eigenvalue weighted by Gasteiger charge is 2.11. The first-order valence-electron chi connectivity index (χ1n) is 7.35. The summed E-state index contributed by atoms with van der Waals surface area (Å²) in [6, 6.07) is 14.2. The number of fused-ring (bicyclic) bond motifs is 1. The standard InChI is InChI=1S/C18H17N3O3/c1-23-13-8-9-16(24-2)15(11-13)21-18(22)20-14-7-3-5-12-6-4-10-19-17(12)14/h3-11H,1-2H3,(H2,20,21,22). The fraction of sp³-hybridized carbons (Fsp3) is 0.111. The van der Waals surface area contributed by atoms with Gasteiger partial charge in [0.05, 0.1) is 31.1 Å². The van der Waals surface area contributed by atoms with Crippen molar-refractivity contribution in [1.29, 1.82) is 0 Å². The van der Waals surface area contributed by atoms with Gasteiger partial charge < -0.3 is 20.1 Å². The first kappa shape index (κ1) is 15.6. The molecule has 0 saturated carbocycles. The van der Waals surface area contributed by atoms with Crippen LogP contribution in [0.1, 0.15) is 0 Å². The molecule has 0 aliphatic carbocycles. The first-order valence-corrected chi connectivity index (χ1v) is 7.35. The second kappa shape index (κ2) is 6.87. The zero-order valence-corrected chi connectivity index (χ0v) is 13.4. The molecule has 2 aromatic carbocycles. The van der Waals surface area contributed by atoms with E-state index in [0.717, 1.165) is 10.9 Å². The van der Waals surface area contributed by atoms with E-state index in [1.165, 1.54) is 0 Å². The summed E-state index contributed by atoms with van der Waals surface area (Å²) < 4.78 is 10.4. The monoisotopic (exact) mass is 323 g/mol. The van der Waals surface area contributed by atoms with Gasteiger partial charge in [-0.1, -0.05) is 18.2 Å². The van der Waals surface area contributed by atoms with Gasteiger partial charge in [0.15, 0.2) is 0 Å². The average molecular weight is 323 g/mol. The van der Waals surface area contributed by atoms with Crippen LogP contribution in [0.3, 0.4) is 0 Å². The zero-order valence-electron chi connectivity index (χ0n) is 13.4. The molecular formula is C18H17N3O3. The summed E-state index contributed by atoms with van der Waals surface area (Å²) in [6.07, 6.45) is 1.69. The molecule has 6 nitrogen and oxygen atoms in total. The van der Waals surface area contributed by atoms with Crippen LogP contribution in [0.5, 0.6) is 11.5 Å². The largest absolute Gasteiger partial charge is 0.497 e. The number of methoxy groups -OCH3 is 2. The van der Waals surface area contributed by atoms with Crippen molar-refractivity contribution in [1.82, 2.24) is 4.98 Å². The molecule has 0 spiro atoms. The number of nitrogens with one attached hydrogen (secondary N) is 2. The highest BCUT2D eigenvalue weighted by atomic mass is 16.5. The average Bonchev–Trinajstić information content (AvgIpc) is 2.62. The van der Waals surface area contributed by atoms with Gasteiger partial charge in [-0.25, -0.2) is 4.79 Å². The molecule has 122 valence electrons. The van der Waals surface area contributed by atoms with Gasteiger partial charge in [0, 0.05) is 17.6 Å². The van der Waals surface area contributed by atoms with Gasteiger partial charge in [0.2, 0.25) is 0 Å². The summed E-state index contributed by atoms with van der Waals surface area (Å²) in [6.45, 7) is 0. The lowest BCUT2D eigenvalue weighted by Crippen LogP contribution is -2.20. The van der Waals surface area contributed by atoms with Crippen molar-refractivity contribution in [3.63, 3.8) is 0 Å². The molecule has 0 atom stereocenters. The van der Waals surface area contributed by atoms with Crippen molar-refractivity contribution in [3.05, 3.63) is 54.7 Å². The van der Waals surface area contributed by atoms with Crippen LogP contribution in [0, 0.1) is 0 Å². The van der Waals surface area contributed by atoms with Crippen LogP contribution in [-0.2, 0) is 0 Å². The molecular weight excluding hydrogens is 306 g/mol. The second-order valence-corrected chi connectivity index (χ2v) is 5.03. The number of nitrogens with zero attached hydrogens (tertiary/aromatic N) is 1. The Morgan fingerprint density at radius 2 is 1.75 bits per heavy atom. The van der Waals surface area contributed by atoms with Crippen molar-refractivity contribution in [3.8, 4) is 11.5 Å².